The zero-order chi connectivity index (χ0) is 11.6. The van der Waals surface area contributed by atoms with Crippen LogP contribution in [0.1, 0.15) is 51.9 Å². The summed E-state index contributed by atoms with van der Waals surface area (Å²) in [6.45, 7) is 2.76. The molecule has 0 radical (unpaired) electrons. The summed E-state index contributed by atoms with van der Waals surface area (Å²) in [6.07, 6.45) is 8.14. The minimum Gasteiger partial charge on any atom is -0.353 e. The number of carbonyl (C=O) groups is 1. The average Bonchev–Trinajstić information content (AvgIpc) is 3.10. The number of amides is 1. The van der Waals surface area contributed by atoms with E-state index in [2.05, 4.69) is 12.2 Å². The van der Waals surface area contributed by atoms with E-state index >= 15 is 0 Å². The summed E-state index contributed by atoms with van der Waals surface area (Å²) >= 11 is 0. The molecule has 0 aromatic heterocycles. The normalized spacial score (nSPS) is 32.1. The monoisotopic (exact) mass is 224 g/mol. The Morgan fingerprint density at radius 1 is 1.44 bits per heavy atom. The van der Waals surface area contributed by atoms with E-state index in [0.29, 0.717) is 12.6 Å². The molecule has 0 heterocycles. The van der Waals surface area contributed by atoms with Crippen molar-refractivity contribution < 1.29 is 4.79 Å². The lowest BCUT2D eigenvalue weighted by Gasteiger charge is -2.30. The SMILES string of the molecule is CCC1CCCC(NC(=O)C2(CN)CC2)C1. The van der Waals surface area contributed by atoms with Gasteiger partial charge in [-0.2, -0.15) is 0 Å². The van der Waals surface area contributed by atoms with E-state index in [9.17, 15) is 4.79 Å². The highest BCUT2D eigenvalue weighted by molar-refractivity contribution is 5.85. The molecule has 0 aromatic carbocycles. The first kappa shape index (κ1) is 11.9. The largest absolute Gasteiger partial charge is 0.353 e. The molecule has 1 amide bonds. The van der Waals surface area contributed by atoms with E-state index < -0.39 is 0 Å². The summed E-state index contributed by atoms with van der Waals surface area (Å²) in [7, 11) is 0. The van der Waals surface area contributed by atoms with Crippen molar-refractivity contribution in [2.75, 3.05) is 6.54 Å². The lowest BCUT2D eigenvalue weighted by molar-refractivity contribution is -0.127. The topological polar surface area (TPSA) is 55.1 Å². The van der Waals surface area contributed by atoms with Gasteiger partial charge in [0.15, 0.2) is 0 Å². The van der Waals surface area contributed by atoms with Crippen molar-refractivity contribution in [1.29, 1.82) is 0 Å². The molecule has 2 atom stereocenters. The van der Waals surface area contributed by atoms with Crippen molar-refractivity contribution in [2.45, 2.75) is 57.9 Å². The van der Waals surface area contributed by atoms with Gasteiger partial charge in [-0.3, -0.25) is 4.79 Å². The molecule has 0 spiro atoms. The first-order valence-electron chi connectivity index (χ1n) is 6.71. The van der Waals surface area contributed by atoms with Gasteiger partial charge in [-0.25, -0.2) is 0 Å². The maximum Gasteiger partial charge on any atom is 0.227 e. The quantitative estimate of drug-likeness (QED) is 0.765. The number of hydrogen-bond donors (Lipinski definition) is 2. The van der Waals surface area contributed by atoms with E-state index in [-0.39, 0.29) is 11.3 Å². The molecule has 2 saturated carbocycles. The van der Waals surface area contributed by atoms with Gasteiger partial charge in [-0.05, 0) is 31.6 Å². The van der Waals surface area contributed by atoms with Crippen LogP contribution in [0.4, 0.5) is 0 Å². The number of nitrogens with one attached hydrogen (secondary N) is 1. The van der Waals surface area contributed by atoms with Crippen LogP contribution in [0.15, 0.2) is 0 Å². The lowest BCUT2D eigenvalue weighted by Crippen LogP contribution is -2.44. The fraction of sp³-hybridized carbons (Fsp3) is 0.923. The number of nitrogens with two attached hydrogens (primary N) is 1. The van der Waals surface area contributed by atoms with E-state index in [1.165, 1.54) is 25.7 Å². The minimum absolute atomic E-state index is 0.181. The zero-order valence-corrected chi connectivity index (χ0v) is 10.3. The Morgan fingerprint density at radius 2 is 2.19 bits per heavy atom. The predicted molar refractivity (Wildman–Crippen MR) is 64.9 cm³/mol. The first-order chi connectivity index (χ1) is 7.70. The van der Waals surface area contributed by atoms with Crippen molar-refractivity contribution in [1.82, 2.24) is 5.32 Å². The highest BCUT2D eigenvalue weighted by atomic mass is 16.2. The van der Waals surface area contributed by atoms with E-state index in [0.717, 1.165) is 25.2 Å². The summed E-state index contributed by atoms with van der Waals surface area (Å²) in [4.78, 5) is 12.0. The maximum atomic E-state index is 12.0. The van der Waals surface area contributed by atoms with Crippen LogP contribution in [0.2, 0.25) is 0 Å². The summed E-state index contributed by atoms with van der Waals surface area (Å²) in [6, 6.07) is 0.412. The molecule has 3 nitrogen and oxygen atoms in total. The highest BCUT2D eigenvalue weighted by Gasteiger charge is 2.49. The Bertz CT molecular complexity index is 261. The number of carbonyl (C=O) groups excluding carboxylic acids is 1. The lowest BCUT2D eigenvalue weighted by atomic mass is 9.84. The van der Waals surface area contributed by atoms with E-state index in [1.54, 1.807) is 0 Å². The molecule has 2 aliphatic rings. The Hall–Kier alpha value is -0.570. The van der Waals surface area contributed by atoms with Gasteiger partial charge in [0, 0.05) is 12.6 Å². The van der Waals surface area contributed by atoms with Crippen LogP contribution in [-0.2, 0) is 4.79 Å². The van der Waals surface area contributed by atoms with Crippen LogP contribution in [0, 0.1) is 11.3 Å². The Morgan fingerprint density at radius 3 is 2.75 bits per heavy atom. The van der Waals surface area contributed by atoms with Crippen molar-refractivity contribution in [3.8, 4) is 0 Å². The van der Waals surface area contributed by atoms with Gasteiger partial charge in [-0.1, -0.05) is 26.2 Å². The van der Waals surface area contributed by atoms with Crippen LogP contribution in [0.5, 0.6) is 0 Å². The predicted octanol–water partition coefficient (Wildman–Crippen LogP) is 1.81. The molecule has 2 rings (SSSR count). The first-order valence-corrected chi connectivity index (χ1v) is 6.71. The second-order valence-corrected chi connectivity index (χ2v) is 5.60. The number of hydrogen-bond acceptors (Lipinski definition) is 2. The maximum absolute atomic E-state index is 12.0. The second-order valence-electron chi connectivity index (χ2n) is 5.60. The number of rotatable bonds is 4. The summed E-state index contributed by atoms with van der Waals surface area (Å²) < 4.78 is 0. The third-order valence-electron chi connectivity index (χ3n) is 4.42. The van der Waals surface area contributed by atoms with Crippen LogP contribution in [0.3, 0.4) is 0 Å². The van der Waals surface area contributed by atoms with Gasteiger partial charge in [0.1, 0.15) is 0 Å². The summed E-state index contributed by atoms with van der Waals surface area (Å²) in [5, 5.41) is 3.22. The summed E-state index contributed by atoms with van der Waals surface area (Å²) in [5.41, 5.74) is 5.49. The summed E-state index contributed by atoms with van der Waals surface area (Å²) in [5.74, 6) is 1.03. The molecular weight excluding hydrogens is 200 g/mol. The molecule has 2 aliphatic carbocycles. The van der Waals surface area contributed by atoms with Gasteiger partial charge in [0.05, 0.1) is 5.41 Å². The molecule has 2 unspecified atom stereocenters. The molecular formula is C13H24N2O. The standard InChI is InChI=1S/C13H24N2O/c1-2-10-4-3-5-11(8-10)15-12(16)13(9-14)6-7-13/h10-11H,2-9,14H2,1H3,(H,15,16). The molecule has 92 valence electrons. The van der Waals surface area contributed by atoms with Crippen molar-refractivity contribution in [3.05, 3.63) is 0 Å². The van der Waals surface area contributed by atoms with E-state index in [4.69, 9.17) is 5.73 Å². The minimum atomic E-state index is -0.181. The Kier molecular flexibility index (Phi) is 3.53. The van der Waals surface area contributed by atoms with Gasteiger partial charge in [0.25, 0.3) is 0 Å². The van der Waals surface area contributed by atoms with Crippen LogP contribution in [-0.4, -0.2) is 18.5 Å². The van der Waals surface area contributed by atoms with Crippen molar-refractivity contribution in [2.24, 2.45) is 17.1 Å². The molecule has 3 heteroatoms. The molecule has 0 aliphatic heterocycles. The highest BCUT2D eigenvalue weighted by Crippen LogP contribution is 2.45. The molecule has 16 heavy (non-hydrogen) atoms. The Balaban J connectivity index is 1.83. The Labute approximate surface area is 98.2 Å². The average molecular weight is 224 g/mol. The van der Waals surface area contributed by atoms with Gasteiger partial charge in [0.2, 0.25) is 5.91 Å². The van der Waals surface area contributed by atoms with Gasteiger partial charge in [-0.15, -0.1) is 0 Å². The second kappa shape index (κ2) is 4.74. The van der Waals surface area contributed by atoms with Crippen LogP contribution in [0.25, 0.3) is 0 Å². The third kappa shape index (κ3) is 2.40. The van der Waals surface area contributed by atoms with Gasteiger partial charge >= 0.3 is 0 Å². The fourth-order valence-corrected chi connectivity index (χ4v) is 2.81. The molecule has 3 N–H and O–H groups in total. The molecule has 0 bridgehead atoms. The molecule has 0 aromatic rings. The fourth-order valence-electron chi connectivity index (χ4n) is 2.81. The smallest absolute Gasteiger partial charge is 0.227 e. The molecule has 2 fully saturated rings. The van der Waals surface area contributed by atoms with Crippen LogP contribution >= 0.6 is 0 Å². The van der Waals surface area contributed by atoms with Gasteiger partial charge < -0.3 is 11.1 Å². The third-order valence-corrected chi connectivity index (χ3v) is 4.42. The molecule has 0 saturated heterocycles. The van der Waals surface area contributed by atoms with E-state index in [1.807, 2.05) is 0 Å². The van der Waals surface area contributed by atoms with Crippen LogP contribution < -0.4 is 11.1 Å². The van der Waals surface area contributed by atoms with Crippen molar-refractivity contribution in [3.63, 3.8) is 0 Å². The zero-order valence-electron chi connectivity index (χ0n) is 10.3. The van der Waals surface area contributed by atoms with Crippen molar-refractivity contribution >= 4 is 5.91 Å².